The Morgan fingerprint density at radius 1 is 0.976 bits per heavy atom. The van der Waals surface area contributed by atoms with Gasteiger partial charge in [0.15, 0.2) is 9.84 Å². The molecule has 0 fully saturated rings. The lowest BCUT2D eigenvalue weighted by atomic mass is 9.86. The number of hydrogen-bond donors (Lipinski definition) is 3. The molecule has 6 nitrogen and oxygen atoms in total. The van der Waals surface area contributed by atoms with Gasteiger partial charge in [-0.3, -0.25) is 4.79 Å². The van der Waals surface area contributed by atoms with Gasteiger partial charge in [-0.05, 0) is 58.2 Å². The highest BCUT2D eigenvalue weighted by Crippen LogP contribution is 2.31. The lowest BCUT2D eigenvalue weighted by Crippen LogP contribution is -2.50. The number of nitrogens with one attached hydrogen (secondary N) is 2. The van der Waals surface area contributed by atoms with Crippen molar-refractivity contribution in [2.75, 3.05) is 12.3 Å². The van der Waals surface area contributed by atoms with E-state index in [1.807, 2.05) is 48.5 Å². The number of amides is 1. The number of hydrogen-bond acceptors (Lipinski definition) is 5. The standard InChI is InChI=1S/C32H38F2N2O4S/c1-32(2,3)17-22-9-10-24-19-41(39,40)20-29(27(24)13-22)35-18-30(37)28(14-23-11-25(33)16-26(34)12-23)36-31(38)15-21-7-5-4-6-8-21/h4-13,16,28-30,35,37H,14-15,17-20H2,1-3H3,(H,36,38)/t28-,29-,30+/m0/s1. The van der Waals surface area contributed by atoms with Crippen LogP contribution < -0.4 is 10.6 Å². The number of halogens is 2. The highest BCUT2D eigenvalue weighted by atomic mass is 32.2. The van der Waals surface area contributed by atoms with E-state index in [4.69, 9.17) is 0 Å². The summed E-state index contributed by atoms with van der Waals surface area (Å²) in [6.07, 6.45) is -0.304. The Morgan fingerprint density at radius 2 is 1.66 bits per heavy atom. The van der Waals surface area contributed by atoms with Crippen molar-refractivity contribution in [2.24, 2.45) is 5.41 Å². The molecule has 0 aromatic heterocycles. The summed E-state index contributed by atoms with van der Waals surface area (Å²) in [6, 6.07) is 16.6. The molecule has 0 bridgehead atoms. The molecule has 220 valence electrons. The van der Waals surface area contributed by atoms with Crippen molar-refractivity contribution in [3.63, 3.8) is 0 Å². The summed E-state index contributed by atoms with van der Waals surface area (Å²) in [5.74, 6) is -2.02. The third-order valence-corrected chi connectivity index (χ3v) is 8.68. The molecule has 3 aromatic rings. The van der Waals surface area contributed by atoms with E-state index in [0.29, 0.717) is 0 Å². The molecule has 1 amide bonds. The van der Waals surface area contributed by atoms with Crippen LogP contribution in [-0.4, -0.2) is 43.9 Å². The summed E-state index contributed by atoms with van der Waals surface area (Å²) < 4.78 is 53.2. The Hall–Kier alpha value is -3.14. The van der Waals surface area contributed by atoms with Crippen LogP contribution in [0.25, 0.3) is 0 Å². The van der Waals surface area contributed by atoms with E-state index in [2.05, 4.69) is 31.4 Å². The van der Waals surface area contributed by atoms with E-state index in [1.165, 1.54) is 12.1 Å². The molecular formula is C32H38F2N2O4S. The van der Waals surface area contributed by atoms with Gasteiger partial charge in [0.2, 0.25) is 5.91 Å². The molecule has 1 heterocycles. The molecule has 4 rings (SSSR count). The highest BCUT2D eigenvalue weighted by molar-refractivity contribution is 7.90. The Labute approximate surface area is 241 Å². The van der Waals surface area contributed by atoms with Crippen molar-refractivity contribution >= 4 is 15.7 Å². The first kappa shape index (κ1) is 30.8. The van der Waals surface area contributed by atoms with Crippen LogP contribution in [0.5, 0.6) is 0 Å². The summed E-state index contributed by atoms with van der Waals surface area (Å²) >= 11 is 0. The molecule has 1 aliphatic heterocycles. The lowest BCUT2D eigenvalue weighted by molar-refractivity contribution is -0.122. The normalized spacial score (nSPS) is 17.9. The third kappa shape index (κ3) is 9.18. The Bertz CT molecular complexity index is 1450. The molecule has 0 unspecified atom stereocenters. The average Bonchev–Trinajstić information content (AvgIpc) is 2.85. The van der Waals surface area contributed by atoms with Crippen molar-refractivity contribution < 1.29 is 27.1 Å². The average molecular weight is 585 g/mol. The first-order valence-electron chi connectivity index (χ1n) is 13.8. The number of fused-ring (bicyclic) bond motifs is 1. The van der Waals surface area contributed by atoms with Gasteiger partial charge in [-0.15, -0.1) is 0 Å². The van der Waals surface area contributed by atoms with E-state index in [1.54, 1.807) is 0 Å². The Morgan fingerprint density at radius 3 is 2.32 bits per heavy atom. The third-order valence-electron chi connectivity index (χ3n) is 7.09. The van der Waals surface area contributed by atoms with E-state index in [-0.39, 0.29) is 47.8 Å². The number of carbonyl (C=O) groups is 1. The highest BCUT2D eigenvalue weighted by Gasteiger charge is 2.31. The number of aliphatic hydroxyl groups is 1. The fourth-order valence-electron chi connectivity index (χ4n) is 5.34. The predicted octanol–water partition coefficient (Wildman–Crippen LogP) is 4.44. The van der Waals surface area contributed by atoms with Crippen LogP contribution >= 0.6 is 0 Å². The van der Waals surface area contributed by atoms with Crippen LogP contribution in [0, 0.1) is 17.0 Å². The quantitative estimate of drug-likeness (QED) is 0.328. The van der Waals surface area contributed by atoms with Gasteiger partial charge in [0.25, 0.3) is 0 Å². The van der Waals surface area contributed by atoms with E-state index in [0.717, 1.165) is 34.7 Å². The minimum Gasteiger partial charge on any atom is -0.390 e. The number of benzene rings is 3. The smallest absolute Gasteiger partial charge is 0.224 e. The number of aliphatic hydroxyl groups excluding tert-OH is 1. The first-order chi connectivity index (χ1) is 19.3. The minimum absolute atomic E-state index is 0.0205. The Kier molecular flexibility index (Phi) is 9.62. The Balaban J connectivity index is 1.53. The molecule has 0 saturated heterocycles. The molecule has 0 radical (unpaired) electrons. The maximum absolute atomic E-state index is 13.9. The fraction of sp³-hybridized carbons (Fsp3) is 0.406. The number of carbonyl (C=O) groups excluding carboxylic acids is 1. The SMILES string of the molecule is CC(C)(C)Cc1ccc2c(c1)[C@@H](NC[C@@H](O)[C@H](Cc1cc(F)cc(F)c1)NC(=O)Cc1ccccc1)CS(=O)(=O)C2. The van der Waals surface area contributed by atoms with Gasteiger partial charge >= 0.3 is 0 Å². The molecule has 0 saturated carbocycles. The summed E-state index contributed by atoms with van der Waals surface area (Å²) in [5, 5.41) is 17.3. The van der Waals surface area contributed by atoms with Gasteiger partial charge < -0.3 is 15.7 Å². The molecule has 3 N–H and O–H groups in total. The van der Waals surface area contributed by atoms with Crippen LogP contribution in [0.2, 0.25) is 0 Å². The van der Waals surface area contributed by atoms with E-state index >= 15 is 0 Å². The van der Waals surface area contributed by atoms with E-state index in [9.17, 15) is 27.1 Å². The molecule has 0 spiro atoms. The molecule has 41 heavy (non-hydrogen) atoms. The predicted molar refractivity (Wildman–Crippen MR) is 156 cm³/mol. The zero-order valence-corrected chi connectivity index (χ0v) is 24.5. The van der Waals surface area contributed by atoms with Crippen molar-refractivity contribution in [2.45, 2.75) is 64.0 Å². The van der Waals surface area contributed by atoms with E-state index < -0.39 is 39.7 Å². The van der Waals surface area contributed by atoms with Crippen LogP contribution in [-0.2, 0) is 39.6 Å². The summed E-state index contributed by atoms with van der Waals surface area (Å²) in [5.41, 5.74) is 3.82. The van der Waals surface area contributed by atoms with Gasteiger partial charge in [-0.25, -0.2) is 17.2 Å². The summed E-state index contributed by atoms with van der Waals surface area (Å²) in [6.45, 7) is 6.37. The van der Waals surface area contributed by atoms with Gasteiger partial charge in [0.05, 0.1) is 30.1 Å². The minimum atomic E-state index is -3.37. The molecule has 9 heteroatoms. The van der Waals surface area contributed by atoms with Crippen molar-refractivity contribution in [3.8, 4) is 0 Å². The van der Waals surface area contributed by atoms with Crippen LogP contribution in [0.4, 0.5) is 8.78 Å². The van der Waals surface area contributed by atoms with Gasteiger partial charge in [0.1, 0.15) is 11.6 Å². The first-order valence-corrected chi connectivity index (χ1v) is 15.6. The second-order valence-electron chi connectivity index (χ2n) is 12.2. The van der Waals surface area contributed by atoms with Crippen LogP contribution in [0.15, 0.2) is 66.7 Å². The number of rotatable bonds is 10. The number of sulfone groups is 1. The van der Waals surface area contributed by atoms with Crippen LogP contribution in [0.3, 0.4) is 0 Å². The molecule has 3 atom stereocenters. The molecule has 0 aliphatic carbocycles. The van der Waals surface area contributed by atoms with Gasteiger partial charge in [0, 0.05) is 18.7 Å². The molecular weight excluding hydrogens is 546 g/mol. The second kappa shape index (κ2) is 12.8. The summed E-state index contributed by atoms with van der Waals surface area (Å²) in [4.78, 5) is 12.9. The zero-order valence-electron chi connectivity index (χ0n) is 23.7. The van der Waals surface area contributed by atoms with Crippen LogP contribution in [0.1, 0.15) is 54.6 Å². The van der Waals surface area contributed by atoms with Gasteiger partial charge in [-0.2, -0.15) is 0 Å². The fourth-order valence-corrected chi connectivity index (χ4v) is 7.00. The largest absolute Gasteiger partial charge is 0.390 e. The van der Waals surface area contributed by atoms with Gasteiger partial charge in [-0.1, -0.05) is 69.3 Å². The zero-order chi connectivity index (χ0) is 29.8. The van der Waals surface area contributed by atoms with Crippen molar-refractivity contribution in [3.05, 3.63) is 106 Å². The molecule has 1 aliphatic rings. The summed E-state index contributed by atoms with van der Waals surface area (Å²) in [7, 11) is -3.37. The topological polar surface area (TPSA) is 95.5 Å². The molecule has 3 aromatic carbocycles. The van der Waals surface area contributed by atoms with Crippen molar-refractivity contribution in [1.29, 1.82) is 0 Å². The maximum Gasteiger partial charge on any atom is 0.224 e. The van der Waals surface area contributed by atoms with Crippen molar-refractivity contribution in [1.82, 2.24) is 10.6 Å². The monoisotopic (exact) mass is 584 g/mol. The maximum atomic E-state index is 13.9. The second-order valence-corrected chi connectivity index (χ2v) is 14.3. The lowest BCUT2D eigenvalue weighted by Gasteiger charge is -2.31.